The number of nitrogens with zero attached hydrogens (tertiary/aromatic N) is 6. The average Bonchev–Trinajstić information content (AvgIpc) is 3.45. The van der Waals surface area contributed by atoms with Gasteiger partial charge in [-0.15, -0.1) is 5.10 Å². The van der Waals surface area contributed by atoms with Crippen LogP contribution in [0.15, 0.2) is 64.4 Å². The van der Waals surface area contributed by atoms with Crippen LogP contribution in [0.25, 0.3) is 22.8 Å². The first-order valence-electron chi connectivity index (χ1n) is 8.52. The van der Waals surface area contributed by atoms with E-state index < -0.39 is 0 Å². The van der Waals surface area contributed by atoms with E-state index in [0.29, 0.717) is 29.3 Å². The van der Waals surface area contributed by atoms with Crippen molar-refractivity contribution in [2.45, 2.75) is 13.0 Å². The molecule has 9 heteroatoms. The number of aryl methyl sites for hydroxylation is 1. The second-order valence-corrected chi connectivity index (χ2v) is 6.24. The molecule has 0 aliphatic heterocycles. The maximum Gasteiger partial charge on any atom is 0.219 e. The fraction of sp³-hybridized carbons (Fsp3) is 0.105. The van der Waals surface area contributed by atoms with Gasteiger partial charge < -0.3 is 4.42 Å². The molecule has 0 radical (unpaired) electrons. The first-order valence-corrected chi connectivity index (χ1v) is 8.92. The van der Waals surface area contributed by atoms with Gasteiger partial charge in [-0.25, -0.2) is 5.10 Å². The summed E-state index contributed by atoms with van der Waals surface area (Å²) in [6, 6.07) is 15.5. The molecule has 1 aromatic carbocycles. The van der Waals surface area contributed by atoms with Crippen LogP contribution in [0.3, 0.4) is 0 Å². The number of nitriles is 1. The Morgan fingerprint density at radius 2 is 2.11 bits per heavy atom. The van der Waals surface area contributed by atoms with Crippen molar-refractivity contribution in [3.63, 3.8) is 0 Å². The number of rotatable bonds is 6. The van der Waals surface area contributed by atoms with Gasteiger partial charge in [-0.1, -0.05) is 30.3 Å². The Bertz CT molecular complexity index is 1190. The van der Waals surface area contributed by atoms with Gasteiger partial charge in [0.1, 0.15) is 5.69 Å². The summed E-state index contributed by atoms with van der Waals surface area (Å²) in [5.74, 6) is 1.03. The number of benzene rings is 1. The lowest BCUT2D eigenvalue weighted by Gasteiger charge is -1.99. The molecule has 3 aromatic heterocycles. The van der Waals surface area contributed by atoms with Crippen LogP contribution in [0.1, 0.15) is 12.0 Å². The van der Waals surface area contributed by atoms with Crippen LogP contribution in [-0.2, 0) is 6.54 Å². The van der Waals surface area contributed by atoms with Crippen LogP contribution in [0.5, 0.6) is 0 Å². The van der Waals surface area contributed by atoms with Crippen LogP contribution >= 0.6 is 12.2 Å². The second-order valence-electron chi connectivity index (χ2n) is 5.86. The van der Waals surface area contributed by atoms with Gasteiger partial charge in [-0.3, -0.25) is 4.68 Å². The van der Waals surface area contributed by atoms with Crippen molar-refractivity contribution >= 4 is 18.4 Å². The van der Waals surface area contributed by atoms with Crippen LogP contribution in [0, 0.1) is 16.1 Å². The van der Waals surface area contributed by atoms with E-state index in [0.717, 1.165) is 16.8 Å². The Hall–Kier alpha value is -3.77. The topological polar surface area (TPSA) is 101 Å². The molecule has 1 N–H and O–H groups in total. The molecule has 8 nitrogen and oxygen atoms in total. The third kappa shape index (κ3) is 3.54. The Kier molecular flexibility index (Phi) is 4.95. The van der Waals surface area contributed by atoms with Gasteiger partial charge in [0.05, 0.1) is 31.5 Å². The summed E-state index contributed by atoms with van der Waals surface area (Å²) in [4.78, 5) is 0. The number of nitrogens with one attached hydrogen (secondary N) is 1. The zero-order valence-electron chi connectivity index (χ0n) is 14.7. The van der Waals surface area contributed by atoms with Crippen molar-refractivity contribution < 1.29 is 4.42 Å². The number of H-pyrrole nitrogens is 1. The molecular weight excluding hydrogens is 374 g/mol. The highest BCUT2D eigenvalue weighted by Gasteiger charge is 2.12. The first-order chi connectivity index (χ1) is 13.8. The highest BCUT2D eigenvalue weighted by atomic mass is 32.1. The molecule has 4 aromatic rings. The highest BCUT2D eigenvalue weighted by molar-refractivity contribution is 7.71. The standard InChI is InChI=1S/C19H15N7OS/c20-9-5-10-25-13-15(17(24-25)14-6-2-1-3-7-14)12-21-26-18(22-23-19(26)28)16-8-4-11-27-16/h1-4,6-8,11-13H,5,10H2,(H,23,28)/b21-12-. The van der Waals surface area contributed by atoms with E-state index in [9.17, 15) is 0 Å². The molecule has 0 saturated heterocycles. The number of hydrogen-bond acceptors (Lipinski definition) is 6. The van der Waals surface area contributed by atoms with Crippen LogP contribution in [0.2, 0.25) is 0 Å². The molecule has 0 saturated carbocycles. The molecular formula is C19H15N7OS. The number of hydrogen-bond donors (Lipinski definition) is 1. The lowest BCUT2D eigenvalue weighted by Crippen LogP contribution is -1.97. The summed E-state index contributed by atoms with van der Waals surface area (Å²) >= 11 is 5.28. The first kappa shape index (κ1) is 17.6. The predicted molar refractivity (Wildman–Crippen MR) is 106 cm³/mol. The largest absolute Gasteiger partial charge is 0.461 e. The Balaban J connectivity index is 1.74. The SMILES string of the molecule is N#CCCn1cc(/C=N\n2c(-c3ccco3)n[nH]c2=S)c(-c2ccccc2)n1. The van der Waals surface area contributed by atoms with E-state index in [1.807, 2.05) is 36.5 Å². The second kappa shape index (κ2) is 7.85. The Labute approximate surface area is 165 Å². The normalized spacial score (nSPS) is 11.1. The van der Waals surface area contributed by atoms with Crippen LogP contribution in [0.4, 0.5) is 0 Å². The summed E-state index contributed by atoms with van der Waals surface area (Å²) in [7, 11) is 0. The summed E-state index contributed by atoms with van der Waals surface area (Å²) in [6.07, 6.45) is 5.48. The van der Waals surface area contributed by atoms with Gasteiger partial charge in [0, 0.05) is 17.3 Å². The molecule has 4 rings (SSSR count). The Morgan fingerprint density at radius 3 is 2.86 bits per heavy atom. The van der Waals surface area contributed by atoms with Gasteiger partial charge in [-0.05, 0) is 24.4 Å². The van der Waals surface area contributed by atoms with Crippen LogP contribution in [-0.4, -0.2) is 30.9 Å². The molecule has 28 heavy (non-hydrogen) atoms. The van der Waals surface area contributed by atoms with E-state index in [1.54, 1.807) is 29.3 Å². The quantitative estimate of drug-likeness (QED) is 0.399. The third-order valence-electron chi connectivity index (χ3n) is 3.99. The van der Waals surface area contributed by atoms with E-state index in [2.05, 4.69) is 26.5 Å². The molecule has 0 spiro atoms. The summed E-state index contributed by atoms with van der Waals surface area (Å²) < 4.78 is 8.99. The molecule has 0 unspecified atom stereocenters. The van der Waals surface area contributed by atoms with Crippen molar-refractivity contribution in [2.24, 2.45) is 5.10 Å². The van der Waals surface area contributed by atoms with Crippen molar-refractivity contribution in [3.8, 4) is 28.9 Å². The molecule has 0 atom stereocenters. The minimum Gasteiger partial charge on any atom is -0.461 e. The van der Waals surface area contributed by atoms with Crippen LogP contribution < -0.4 is 0 Å². The number of aromatic amines is 1. The minimum atomic E-state index is 0.348. The third-order valence-corrected chi connectivity index (χ3v) is 4.26. The van der Waals surface area contributed by atoms with Gasteiger partial charge >= 0.3 is 0 Å². The van der Waals surface area contributed by atoms with Gasteiger partial charge in [0.2, 0.25) is 10.6 Å². The Morgan fingerprint density at radius 1 is 1.25 bits per heavy atom. The average molecular weight is 389 g/mol. The zero-order valence-corrected chi connectivity index (χ0v) is 15.5. The molecule has 0 amide bonds. The van der Waals surface area contributed by atoms with E-state index in [1.165, 1.54) is 4.68 Å². The van der Waals surface area contributed by atoms with E-state index >= 15 is 0 Å². The molecule has 138 valence electrons. The monoisotopic (exact) mass is 389 g/mol. The maximum absolute atomic E-state index is 8.85. The van der Waals surface area contributed by atoms with Crippen molar-refractivity contribution in [1.29, 1.82) is 5.26 Å². The molecule has 0 fully saturated rings. The fourth-order valence-electron chi connectivity index (χ4n) is 2.71. The molecule has 3 heterocycles. The molecule has 0 bridgehead atoms. The van der Waals surface area contributed by atoms with Crippen molar-refractivity contribution in [3.05, 3.63) is 65.3 Å². The van der Waals surface area contributed by atoms with Gasteiger partial charge in [0.25, 0.3) is 0 Å². The zero-order chi connectivity index (χ0) is 19.3. The smallest absolute Gasteiger partial charge is 0.219 e. The van der Waals surface area contributed by atoms with E-state index in [-0.39, 0.29) is 0 Å². The maximum atomic E-state index is 8.85. The fourth-order valence-corrected chi connectivity index (χ4v) is 2.89. The lowest BCUT2D eigenvalue weighted by atomic mass is 10.1. The summed E-state index contributed by atoms with van der Waals surface area (Å²) in [5.41, 5.74) is 2.54. The van der Waals surface area contributed by atoms with Crippen molar-refractivity contribution in [2.75, 3.05) is 0 Å². The lowest BCUT2D eigenvalue weighted by molar-refractivity contribution is 0.573. The predicted octanol–water partition coefficient (Wildman–Crippen LogP) is 3.86. The minimum absolute atomic E-state index is 0.348. The summed E-state index contributed by atoms with van der Waals surface area (Å²) in [6.45, 7) is 0.507. The molecule has 0 aliphatic carbocycles. The number of furan rings is 1. The number of aromatic nitrogens is 5. The van der Waals surface area contributed by atoms with Gasteiger partial charge in [-0.2, -0.15) is 20.1 Å². The van der Waals surface area contributed by atoms with Crippen molar-refractivity contribution in [1.82, 2.24) is 24.7 Å². The van der Waals surface area contributed by atoms with E-state index in [4.69, 9.17) is 21.9 Å². The highest BCUT2D eigenvalue weighted by Crippen LogP contribution is 2.22. The molecule has 0 aliphatic rings. The summed E-state index contributed by atoms with van der Waals surface area (Å²) in [5, 5.41) is 24.9. The van der Waals surface area contributed by atoms with Gasteiger partial charge in [0.15, 0.2) is 5.76 Å².